The number of rotatable bonds is 4. The number of nitrogens with zero attached hydrogens (tertiary/aromatic N) is 2. The summed E-state index contributed by atoms with van der Waals surface area (Å²) in [5, 5.41) is 0. The molecule has 0 aromatic carbocycles. The van der Waals surface area contributed by atoms with E-state index in [2.05, 4.69) is 4.90 Å². The van der Waals surface area contributed by atoms with E-state index in [4.69, 9.17) is 0 Å². The molecule has 1 aliphatic rings. The molecule has 1 saturated heterocycles. The standard InChI is InChI=1S/C11H20N2O2/c1-10(14)5-3-7-13-8-4-6-12(2)11(15)9-13/h3-9H2,1-2H3. The largest absolute Gasteiger partial charge is 0.345 e. The Labute approximate surface area is 91.2 Å². The molecular formula is C11H20N2O2. The lowest BCUT2D eigenvalue weighted by molar-refractivity contribution is -0.129. The first-order valence-electron chi connectivity index (χ1n) is 5.55. The van der Waals surface area contributed by atoms with Crippen LogP contribution in [0.2, 0.25) is 0 Å². The zero-order chi connectivity index (χ0) is 11.3. The summed E-state index contributed by atoms with van der Waals surface area (Å²) < 4.78 is 0. The van der Waals surface area contributed by atoms with Crippen molar-refractivity contribution in [1.82, 2.24) is 9.80 Å². The highest BCUT2D eigenvalue weighted by Crippen LogP contribution is 2.04. The number of amides is 1. The van der Waals surface area contributed by atoms with E-state index in [0.717, 1.165) is 32.5 Å². The molecule has 0 radical (unpaired) electrons. The number of carbonyl (C=O) groups is 2. The molecule has 1 amide bonds. The molecule has 1 heterocycles. The van der Waals surface area contributed by atoms with Gasteiger partial charge in [-0.05, 0) is 26.3 Å². The molecule has 86 valence electrons. The first-order chi connectivity index (χ1) is 7.09. The summed E-state index contributed by atoms with van der Waals surface area (Å²) in [6, 6.07) is 0. The average molecular weight is 212 g/mol. The monoisotopic (exact) mass is 212 g/mol. The molecule has 15 heavy (non-hydrogen) atoms. The Hall–Kier alpha value is -0.900. The zero-order valence-corrected chi connectivity index (χ0v) is 9.66. The minimum absolute atomic E-state index is 0.190. The van der Waals surface area contributed by atoms with Crippen molar-refractivity contribution >= 4 is 11.7 Å². The molecule has 1 aliphatic heterocycles. The van der Waals surface area contributed by atoms with Crippen molar-refractivity contribution in [3.8, 4) is 0 Å². The van der Waals surface area contributed by atoms with Gasteiger partial charge in [0.1, 0.15) is 5.78 Å². The summed E-state index contributed by atoms with van der Waals surface area (Å²) in [5.41, 5.74) is 0. The van der Waals surface area contributed by atoms with Crippen LogP contribution in [0.1, 0.15) is 26.2 Å². The molecule has 0 N–H and O–H groups in total. The van der Waals surface area contributed by atoms with Gasteiger partial charge < -0.3 is 9.69 Å². The van der Waals surface area contributed by atoms with Crippen molar-refractivity contribution < 1.29 is 9.59 Å². The van der Waals surface area contributed by atoms with Crippen molar-refractivity contribution in [3.05, 3.63) is 0 Å². The van der Waals surface area contributed by atoms with Gasteiger partial charge >= 0.3 is 0 Å². The van der Waals surface area contributed by atoms with Gasteiger partial charge in [-0.2, -0.15) is 0 Å². The van der Waals surface area contributed by atoms with E-state index in [-0.39, 0.29) is 11.7 Å². The van der Waals surface area contributed by atoms with Crippen LogP contribution >= 0.6 is 0 Å². The molecule has 0 aliphatic carbocycles. The maximum atomic E-state index is 11.5. The van der Waals surface area contributed by atoms with Crippen LogP contribution in [-0.2, 0) is 9.59 Å². The molecule has 4 heteroatoms. The van der Waals surface area contributed by atoms with Gasteiger partial charge in [0.2, 0.25) is 5.91 Å². The molecule has 0 aromatic rings. The molecule has 1 rings (SSSR count). The predicted molar refractivity (Wildman–Crippen MR) is 58.6 cm³/mol. The lowest BCUT2D eigenvalue weighted by Gasteiger charge is -2.18. The normalized spacial score (nSPS) is 19.1. The van der Waals surface area contributed by atoms with E-state index in [1.807, 2.05) is 7.05 Å². The summed E-state index contributed by atoms with van der Waals surface area (Å²) in [6.07, 6.45) is 2.52. The molecule has 0 atom stereocenters. The Morgan fingerprint density at radius 3 is 2.80 bits per heavy atom. The van der Waals surface area contributed by atoms with Crippen LogP contribution in [0.25, 0.3) is 0 Å². The Kier molecular flexibility index (Phi) is 4.75. The third kappa shape index (κ3) is 4.42. The zero-order valence-electron chi connectivity index (χ0n) is 9.66. The van der Waals surface area contributed by atoms with Crippen LogP contribution in [0.3, 0.4) is 0 Å². The average Bonchev–Trinajstić information content (AvgIpc) is 2.29. The van der Waals surface area contributed by atoms with Gasteiger partial charge in [-0.15, -0.1) is 0 Å². The quantitative estimate of drug-likeness (QED) is 0.682. The third-order valence-corrected chi connectivity index (χ3v) is 2.76. The fourth-order valence-electron chi connectivity index (χ4n) is 1.79. The number of Topliss-reactive ketones (excluding diaryl/α,β-unsaturated/α-hetero) is 1. The smallest absolute Gasteiger partial charge is 0.236 e. The highest BCUT2D eigenvalue weighted by molar-refractivity contribution is 5.78. The SMILES string of the molecule is CC(=O)CCCN1CCCN(C)C(=O)C1. The van der Waals surface area contributed by atoms with Crippen LogP contribution in [0.5, 0.6) is 0 Å². The van der Waals surface area contributed by atoms with E-state index in [0.29, 0.717) is 13.0 Å². The lowest BCUT2D eigenvalue weighted by Crippen LogP contribution is -2.34. The van der Waals surface area contributed by atoms with Gasteiger partial charge in [0.25, 0.3) is 0 Å². The second-order valence-corrected chi connectivity index (χ2v) is 4.25. The number of likely N-dealkylation sites (N-methyl/N-ethyl adjacent to an activating group) is 1. The van der Waals surface area contributed by atoms with Crippen molar-refractivity contribution in [2.45, 2.75) is 26.2 Å². The van der Waals surface area contributed by atoms with Crippen molar-refractivity contribution in [2.24, 2.45) is 0 Å². The predicted octanol–water partition coefficient (Wildman–Crippen LogP) is 0.520. The summed E-state index contributed by atoms with van der Waals surface area (Å²) in [5.74, 6) is 0.420. The van der Waals surface area contributed by atoms with Crippen molar-refractivity contribution in [1.29, 1.82) is 0 Å². The van der Waals surface area contributed by atoms with Crippen molar-refractivity contribution in [2.75, 3.05) is 33.2 Å². The van der Waals surface area contributed by atoms with E-state index < -0.39 is 0 Å². The Bertz CT molecular complexity index is 241. The van der Waals surface area contributed by atoms with Crippen molar-refractivity contribution in [3.63, 3.8) is 0 Å². The Balaban J connectivity index is 2.29. The van der Waals surface area contributed by atoms with Gasteiger partial charge in [-0.3, -0.25) is 9.69 Å². The Morgan fingerprint density at radius 1 is 1.40 bits per heavy atom. The number of ketones is 1. The van der Waals surface area contributed by atoms with Gasteiger partial charge in [-0.25, -0.2) is 0 Å². The lowest BCUT2D eigenvalue weighted by atomic mass is 10.2. The molecule has 4 nitrogen and oxygen atoms in total. The maximum Gasteiger partial charge on any atom is 0.236 e. The van der Waals surface area contributed by atoms with E-state index in [9.17, 15) is 9.59 Å². The van der Waals surface area contributed by atoms with Gasteiger partial charge in [0, 0.05) is 26.6 Å². The van der Waals surface area contributed by atoms with Gasteiger partial charge in [0.15, 0.2) is 0 Å². The highest BCUT2D eigenvalue weighted by atomic mass is 16.2. The minimum Gasteiger partial charge on any atom is -0.345 e. The molecule has 0 saturated carbocycles. The van der Waals surface area contributed by atoms with Gasteiger partial charge in [0.05, 0.1) is 6.54 Å². The molecule has 0 aromatic heterocycles. The highest BCUT2D eigenvalue weighted by Gasteiger charge is 2.18. The maximum absolute atomic E-state index is 11.5. The summed E-state index contributed by atoms with van der Waals surface area (Å²) >= 11 is 0. The minimum atomic E-state index is 0.190. The number of hydrogen-bond donors (Lipinski definition) is 0. The first-order valence-corrected chi connectivity index (χ1v) is 5.55. The molecule has 0 bridgehead atoms. The van der Waals surface area contributed by atoms with Crippen LogP contribution < -0.4 is 0 Å². The fraction of sp³-hybridized carbons (Fsp3) is 0.818. The Morgan fingerprint density at radius 2 is 2.13 bits per heavy atom. The molecule has 0 spiro atoms. The molecule has 0 unspecified atom stereocenters. The fourth-order valence-corrected chi connectivity index (χ4v) is 1.79. The summed E-state index contributed by atoms with van der Waals surface area (Å²) in [6.45, 7) is 4.80. The van der Waals surface area contributed by atoms with Crippen LogP contribution in [0.4, 0.5) is 0 Å². The van der Waals surface area contributed by atoms with Crippen LogP contribution in [-0.4, -0.2) is 54.7 Å². The van der Waals surface area contributed by atoms with Crippen LogP contribution in [0, 0.1) is 0 Å². The number of carbonyl (C=O) groups excluding carboxylic acids is 2. The second kappa shape index (κ2) is 5.85. The summed E-state index contributed by atoms with van der Waals surface area (Å²) in [7, 11) is 1.85. The van der Waals surface area contributed by atoms with Gasteiger partial charge in [-0.1, -0.05) is 0 Å². The number of hydrogen-bond acceptors (Lipinski definition) is 3. The molecular weight excluding hydrogens is 192 g/mol. The second-order valence-electron chi connectivity index (χ2n) is 4.25. The molecule has 1 fully saturated rings. The first kappa shape index (κ1) is 12.2. The third-order valence-electron chi connectivity index (χ3n) is 2.76. The van der Waals surface area contributed by atoms with E-state index in [1.54, 1.807) is 11.8 Å². The van der Waals surface area contributed by atoms with E-state index >= 15 is 0 Å². The topological polar surface area (TPSA) is 40.6 Å². The van der Waals surface area contributed by atoms with E-state index in [1.165, 1.54) is 0 Å². The summed E-state index contributed by atoms with van der Waals surface area (Å²) in [4.78, 5) is 26.2. The van der Waals surface area contributed by atoms with Crippen LogP contribution in [0.15, 0.2) is 0 Å².